The van der Waals surface area contributed by atoms with Crippen LogP contribution >= 0.6 is 0 Å². The van der Waals surface area contributed by atoms with Gasteiger partial charge >= 0.3 is 0 Å². The van der Waals surface area contributed by atoms with Crippen LogP contribution in [0.3, 0.4) is 0 Å². The van der Waals surface area contributed by atoms with Crippen LogP contribution in [-0.4, -0.2) is 43.3 Å². The molecule has 1 aliphatic heterocycles. The van der Waals surface area contributed by atoms with Crippen molar-refractivity contribution in [2.24, 2.45) is 10.8 Å². The van der Waals surface area contributed by atoms with Crippen molar-refractivity contribution >= 4 is 5.90 Å². The van der Waals surface area contributed by atoms with Crippen LogP contribution < -0.4 is 11.1 Å². The SMILES string of the molecule is CCCCCCN1N=C(OC)C(N)C1(C)NC. The Balaban J connectivity index is 2.58. The van der Waals surface area contributed by atoms with Gasteiger partial charge in [-0.2, -0.15) is 0 Å². The van der Waals surface area contributed by atoms with E-state index in [0.29, 0.717) is 5.90 Å². The van der Waals surface area contributed by atoms with Crippen molar-refractivity contribution in [3.8, 4) is 0 Å². The lowest BCUT2D eigenvalue weighted by Crippen LogP contribution is -2.62. The normalized spacial score (nSPS) is 28.4. The molecule has 17 heavy (non-hydrogen) atoms. The molecule has 1 aliphatic rings. The third kappa shape index (κ3) is 2.90. The largest absolute Gasteiger partial charge is 0.482 e. The molecule has 1 heterocycles. The predicted molar refractivity (Wildman–Crippen MR) is 70.7 cm³/mol. The van der Waals surface area contributed by atoms with E-state index in [9.17, 15) is 0 Å². The molecule has 3 N–H and O–H groups in total. The highest BCUT2D eigenvalue weighted by Gasteiger charge is 2.45. The molecule has 0 aromatic rings. The lowest BCUT2D eigenvalue weighted by molar-refractivity contribution is 0.0925. The summed E-state index contributed by atoms with van der Waals surface area (Å²) in [7, 11) is 3.53. The Morgan fingerprint density at radius 2 is 2.18 bits per heavy atom. The fourth-order valence-electron chi connectivity index (χ4n) is 2.11. The number of hydrogen-bond donors (Lipinski definition) is 2. The van der Waals surface area contributed by atoms with Gasteiger partial charge in [-0.1, -0.05) is 26.2 Å². The Labute approximate surface area is 104 Å². The lowest BCUT2D eigenvalue weighted by atomic mass is 10.0. The molecule has 0 amide bonds. The first-order chi connectivity index (χ1) is 8.10. The molecule has 0 saturated carbocycles. The van der Waals surface area contributed by atoms with Crippen molar-refractivity contribution in [2.45, 2.75) is 51.2 Å². The van der Waals surface area contributed by atoms with Crippen molar-refractivity contribution in [3.05, 3.63) is 0 Å². The van der Waals surface area contributed by atoms with Crippen molar-refractivity contribution in [2.75, 3.05) is 20.7 Å². The number of hydrogen-bond acceptors (Lipinski definition) is 5. The van der Waals surface area contributed by atoms with Gasteiger partial charge in [0.2, 0.25) is 5.90 Å². The molecule has 1 rings (SSSR count). The first kappa shape index (κ1) is 14.3. The van der Waals surface area contributed by atoms with Crippen LogP contribution in [0, 0.1) is 0 Å². The topological polar surface area (TPSA) is 62.9 Å². The molecule has 5 nitrogen and oxygen atoms in total. The van der Waals surface area contributed by atoms with E-state index in [4.69, 9.17) is 10.5 Å². The van der Waals surface area contributed by atoms with E-state index in [0.717, 1.165) is 13.0 Å². The number of ether oxygens (including phenoxy) is 1. The Hall–Kier alpha value is -0.810. The molecule has 2 atom stereocenters. The van der Waals surface area contributed by atoms with E-state index < -0.39 is 0 Å². The highest BCUT2D eigenvalue weighted by molar-refractivity contribution is 5.84. The summed E-state index contributed by atoms with van der Waals surface area (Å²) >= 11 is 0. The second-order valence-electron chi connectivity index (χ2n) is 4.70. The highest BCUT2D eigenvalue weighted by atomic mass is 16.5. The van der Waals surface area contributed by atoms with Crippen LogP contribution in [0.5, 0.6) is 0 Å². The molecule has 100 valence electrons. The van der Waals surface area contributed by atoms with Crippen LogP contribution in [0.1, 0.15) is 39.5 Å². The molecular weight excluding hydrogens is 216 g/mol. The average Bonchev–Trinajstić information content (AvgIpc) is 2.59. The van der Waals surface area contributed by atoms with Crippen LogP contribution in [0.2, 0.25) is 0 Å². The van der Waals surface area contributed by atoms with Crippen LogP contribution in [-0.2, 0) is 4.74 Å². The zero-order valence-electron chi connectivity index (χ0n) is 11.5. The summed E-state index contributed by atoms with van der Waals surface area (Å²) in [5.74, 6) is 0.609. The van der Waals surface area contributed by atoms with Gasteiger partial charge in [-0.3, -0.25) is 10.3 Å². The van der Waals surface area contributed by atoms with Crippen molar-refractivity contribution in [3.63, 3.8) is 0 Å². The van der Waals surface area contributed by atoms with E-state index in [1.54, 1.807) is 7.11 Å². The van der Waals surface area contributed by atoms with Crippen LogP contribution in [0.15, 0.2) is 5.10 Å². The van der Waals surface area contributed by atoms with E-state index in [2.05, 4.69) is 24.3 Å². The number of nitrogens with two attached hydrogens (primary N) is 1. The number of hydrazone groups is 1. The van der Waals surface area contributed by atoms with Crippen molar-refractivity contribution in [1.29, 1.82) is 0 Å². The number of likely N-dealkylation sites (N-methyl/N-ethyl adjacent to an activating group) is 1. The summed E-state index contributed by atoms with van der Waals surface area (Å²) in [4.78, 5) is 0. The molecule has 2 unspecified atom stereocenters. The summed E-state index contributed by atoms with van der Waals surface area (Å²) in [6, 6.07) is -0.219. The number of nitrogens with one attached hydrogen (secondary N) is 1. The number of rotatable bonds is 6. The maximum absolute atomic E-state index is 6.14. The van der Waals surface area contributed by atoms with Gasteiger partial charge in [-0.25, -0.2) is 0 Å². The molecule has 0 spiro atoms. The Kier molecular flexibility index (Phi) is 5.21. The second kappa shape index (κ2) is 6.21. The van der Waals surface area contributed by atoms with E-state index in [-0.39, 0.29) is 11.7 Å². The van der Waals surface area contributed by atoms with Gasteiger partial charge < -0.3 is 10.5 Å². The lowest BCUT2D eigenvalue weighted by Gasteiger charge is -2.36. The third-order valence-corrected chi connectivity index (χ3v) is 3.57. The fraction of sp³-hybridized carbons (Fsp3) is 0.917. The molecule has 0 fully saturated rings. The summed E-state index contributed by atoms with van der Waals surface area (Å²) in [5, 5.41) is 9.72. The zero-order valence-corrected chi connectivity index (χ0v) is 11.5. The van der Waals surface area contributed by atoms with Gasteiger partial charge in [-0.05, 0) is 20.4 Å². The van der Waals surface area contributed by atoms with E-state index >= 15 is 0 Å². The molecule has 0 bridgehead atoms. The Bertz CT molecular complexity index is 269. The molecular formula is C12H26N4O. The molecule has 0 aromatic heterocycles. The Morgan fingerprint density at radius 1 is 1.47 bits per heavy atom. The molecule has 0 aromatic carbocycles. The monoisotopic (exact) mass is 242 g/mol. The van der Waals surface area contributed by atoms with Crippen molar-refractivity contribution in [1.82, 2.24) is 10.3 Å². The van der Waals surface area contributed by atoms with Gasteiger partial charge in [-0.15, -0.1) is 5.10 Å². The standard InChI is InChI=1S/C12H26N4O/c1-5-6-7-8-9-16-12(2,14-3)10(13)11(15-16)17-4/h10,14H,5-9,13H2,1-4H3. The minimum absolute atomic E-state index is 0.219. The average molecular weight is 242 g/mol. The van der Waals surface area contributed by atoms with Gasteiger partial charge in [0.25, 0.3) is 0 Å². The van der Waals surface area contributed by atoms with E-state index in [1.807, 2.05) is 12.1 Å². The number of unbranched alkanes of at least 4 members (excludes halogenated alkanes) is 3. The summed E-state index contributed by atoms with van der Waals surface area (Å²) in [5.41, 5.74) is 5.80. The third-order valence-electron chi connectivity index (χ3n) is 3.57. The predicted octanol–water partition coefficient (Wildman–Crippen LogP) is 1.11. The van der Waals surface area contributed by atoms with Gasteiger partial charge in [0.1, 0.15) is 11.7 Å². The zero-order chi connectivity index (χ0) is 12.9. The number of methoxy groups -OCH3 is 1. The molecule has 0 aliphatic carbocycles. The molecule has 5 heteroatoms. The van der Waals surface area contributed by atoms with Crippen molar-refractivity contribution < 1.29 is 4.74 Å². The Morgan fingerprint density at radius 3 is 2.71 bits per heavy atom. The number of nitrogens with zero attached hydrogens (tertiary/aromatic N) is 2. The summed E-state index contributed by atoms with van der Waals surface area (Å²) in [6.45, 7) is 5.19. The molecule has 0 saturated heterocycles. The van der Waals surface area contributed by atoms with Crippen LogP contribution in [0.25, 0.3) is 0 Å². The minimum Gasteiger partial charge on any atom is -0.482 e. The summed E-state index contributed by atoms with van der Waals surface area (Å²) in [6.07, 6.45) is 4.89. The maximum atomic E-state index is 6.14. The maximum Gasteiger partial charge on any atom is 0.226 e. The second-order valence-corrected chi connectivity index (χ2v) is 4.70. The van der Waals surface area contributed by atoms with Crippen LogP contribution in [0.4, 0.5) is 0 Å². The molecule has 0 radical (unpaired) electrons. The summed E-state index contributed by atoms with van der Waals surface area (Å²) < 4.78 is 5.22. The smallest absolute Gasteiger partial charge is 0.226 e. The first-order valence-corrected chi connectivity index (χ1v) is 6.44. The van der Waals surface area contributed by atoms with Gasteiger partial charge in [0.15, 0.2) is 0 Å². The van der Waals surface area contributed by atoms with Gasteiger partial charge in [0, 0.05) is 6.54 Å². The quantitative estimate of drug-likeness (QED) is 0.685. The first-order valence-electron chi connectivity index (χ1n) is 6.44. The highest BCUT2D eigenvalue weighted by Crippen LogP contribution is 2.24. The van der Waals surface area contributed by atoms with Gasteiger partial charge in [0.05, 0.1) is 7.11 Å². The fourth-order valence-corrected chi connectivity index (χ4v) is 2.11. The van der Waals surface area contributed by atoms with E-state index in [1.165, 1.54) is 19.3 Å². The minimum atomic E-state index is -0.336.